The summed E-state index contributed by atoms with van der Waals surface area (Å²) in [6, 6.07) is 6.25. The highest BCUT2D eigenvalue weighted by Gasteiger charge is 2.17. The molecule has 4 aromatic heterocycles. The molecular weight excluding hydrogens is 424 g/mol. The van der Waals surface area contributed by atoms with Crippen molar-refractivity contribution in [1.29, 1.82) is 0 Å². The number of hydrogen-bond donors (Lipinski definition) is 2. The van der Waals surface area contributed by atoms with Gasteiger partial charge in [0, 0.05) is 40.9 Å². The van der Waals surface area contributed by atoms with Crippen LogP contribution in [0.5, 0.6) is 0 Å². The van der Waals surface area contributed by atoms with Crippen LogP contribution in [0.2, 0.25) is 0 Å². The van der Waals surface area contributed by atoms with Gasteiger partial charge in [-0.3, -0.25) is 4.98 Å². The molecule has 0 spiro atoms. The molecule has 168 valence electrons. The molecule has 0 atom stereocenters. The van der Waals surface area contributed by atoms with E-state index < -0.39 is 5.82 Å². The maximum Gasteiger partial charge on any atom is 0.166 e. The standard InChI is InChI=1S/C24H23F2N7/c1-13(2)33-12-29-21-23(31-22(32-24(21)33)15-8-17(26)11-27-10-15)28-7-6-18-14(3)30-20-5-4-16(25)9-19(18)20/h4-5,8-13,30H,6-7H2,1-3H3,(H,28,31,32). The van der Waals surface area contributed by atoms with Crippen LogP contribution in [0.4, 0.5) is 14.6 Å². The molecule has 0 bridgehead atoms. The minimum absolute atomic E-state index is 0.139. The third-order valence-electron chi connectivity index (χ3n) is 5.69. The van der Waals surface area contributed by atoms with Crippen molar-refractivity contribution in [1.82, 2.24) is 29.5 Å². The molecule has 5 rings (SSSR count). The lowest BCUT2D eigenvalue weighted by Gasteiger charge is -2.11. The number of fused-ring (bicyclic) bond motifs is 2. The number of anilines is 1. The van der Waals surface area contributed by atoms with Gasteiger partial charge in [0.1, 0.15) is 17.2 Å². The Morgan fingerprint density at radius 3 is 2.73 bits per heavy atom. The van der Waals surface area contributed by atoms with Crippen LogP contribution in [0.3, 0.4) is 0 Å². The van der Waals surface area contributed by atoms with Gasteiger partial charge in [0.15, 0.2) is 17.3 Å². The molecule has 0 amide bonds. The predicted octanol–water partition coefficient (Wildman–Crippen LogP) is 5.19. The van der Waals surface area contributed by atoms with E-state index in [2.05, 4.69) is 30.2 Å². The van der Waals surface area contributed by atoms with Crippen molar-refractivity contribution < 1.29 is 8.78 Å². The van der Waals surface area contributed by atoms with Crippen LogP contribution in [0.1, 0.15) is 31.1 Å². The lowest BCUT2D eigenvalue weighted by Crippen LogP contribution is -2.09. The van der Waals surface area contributed by atoms with Crippen LogP contribution >= 0.6 is 0 Å². The number of halogens is 2. The third-order valence-corrected chi connectivity index (χ3v) is 5.69. The molecule has 5 aromatic rings. The van der Waals surface area contributed by atoms with Gasteiger partial charge in [0.25, 0.3) is 0 Å². The Bertz CT molecular complexity index is 1470. The fourth-order valence-corrected chi connectivity index (χ4v) is 4.06. The molecule has 0 saturated heterocycles. The summed E-state index contributed by atoms with van der Waals surface area (Å²) in [5, 5.41) is 4.23. The van der Waals surface area contributed by atoms with Crippen LogP contribution in [-0.2, 0) is 6.42 Å². The Hall–Kier alpha value is -3.88. The second kappa shape index (κ2) is 8.23. The Labute approximate surface area is 188 Å². The van der Waals surface area contributed by atoms with Crippen molar-refractivity contribution in [3.8, 4) is 11.4 Å². The Morgan fingerprint density at radius 2 is 1.94 bits per heavy atom. The Balaban J connectivity index is 1.50. The summed E-state index contributed by atoms with van der Waals surface area (Å²) in [4.78, 5) is 21.0. The number of benzene rings is 1. The average Bonchev–Trinajstić information content (AvgIpc) is 3.35. The van der Waals surface area contributed by atoms with Gasteiger partial charge in [-0.1, -0.05) is 0 Å². The van der Waals surface area contributed by atoms with Crippen molar-refractivity contribution in [3.63, 3.8) is 0 Å². The van der Waals surface area contributed by atoms with Gasteiger partial charge in [-0.25, -0.2) is 23.7 Å². The molecule has 0 saturated carbocycles. The molecule has 1 aromatic carbocycles. The first-order valence-corrected chi connectivity index (χ1v) is 10.8. The highest BCUT2D eigenvalue weighted by Crippen LogP contribution is 2.27. The van der Waals surface area contributed by atoms with E-state index in [0.717, 1.165) is 28.4 Å². The summed E-state index contributed by atoms with van der Waals surface area (Å²) >= 11 is 0. The van der Waals surface area contributed by atoms with E-state index >= 15 is 0 Å². The second-order valence-electron chi connectivity index (χ2n) is 8.30. The number of nitrogens with zero attached hydrogens (tertiary/aromatic N) is 5. The zero-order valence-electron chi connectivity index (χ0n) is 18.5. The van der Waals surface area contributed by atoms with E-state index in [9.17, 15) is 8.78 Å². The predicted molar refractivity (Wildman–Crippen MR) is 124 cm³/mol. The number of rotatable bonds is 6. The first kappa shape index (κ1) is 21.0. The van der Waals surface area contributed by atoms with Crippen LogP contribution in [-0.4, -0.2) is 36.0 Å². The number of H-pyrrole nitrogens is 1. The summed E-state index contributed by atoms with van der Waals surface area (Å²) in [7, 11) is 0. The fraction of sp³-hybridized carbons (Fsp3) is 0.250. The molecule has 33 heavy (non-hydrogen) atoms. The second-order valence-corrected chi connectivity index (χ2v) is 8.30. The zero-order chi connectivity index (χ0) is 23.1. The zero-order valence-corrected chi connectivity index (χ0v) is 18.5. The van der Waals surface area contributed by atoms with Crippen LogP contribution in [0, 0.1) is 18.6 Å². The molecule has 0 radical (unpaired) electrons. The largest absolute Gasteiger partial charge is 0.368 e. The van der Waals surface area contributed by atoms with E-state index in [4.69, 9.17) is 0 Å². The molecule has 4 heterocycles. The highest BCUT2D eigenvalue weighted by molar-refractivity contribution is 5.86. The number of hydrogen-bond acceptors (Lipinski definition) is 5. The van der Waals surface area contributed by atoms with E-state index in [0.29, 0.717) is 41.3 Å². The van der Waals surface area contributed by atoms with Gasteiger partial charge in [0.2, 0.25) is 0 Å². The van der Waals surface area contributed by atoms with Crippen molar-refractivity contribution in [3.05, 3.63) is 65.9 Å². The molecule has 0 unspecified atom stereocenters. The van der Waals surface area contributed by atoms with Crippen molar-refractivity contribution >= 4 is 27.9 Å². The molecule has 2 N–H and O–H groups in total. The summed E-state index contributed by atoms with van der Waals surface area (Å²) in [6.07, 6.45) is 5.07. The van der Waals surface area contributed by atoms with E-state index in [1.165, 1.54) is 18.3 Å². The van der Waals surface area contributed by atoms with Gasteiger partial charge in [-0.15, -0.1) is 0 Å². The molecule has 0 fully saturated rings. The molecule has 7 nitrogen and oxygen atoms in total. The number of aromatic nitrogens is 6. The van der Waals surface area contributed by atoms with Gasteiger partial charge < -0.3 is 14.9 Å². The lowest BCUT2D eigenvalue weighted by atomic mass is 10.1. The normalized spacial score (nSPS) is 11.7. The van der Waals surface area contributed by atoms with Gasteiger partial charge >= 0.3 is 0 Å². The van der Waals surface area contributed by atoms with Gasteiger partial charge in [-0.05, 0) is 57.0 Å². The topological polar surface area (TPSA) is 84.3 Å². The summed E-state index contributed by atoms with van der Waals surface area (Å²) in [6.45, 7) is 6.61. The maximum atomic E-state index is 13.8. The number of aryl methyl sites for hydroxylation is 1. The number of nitrogens with one attached hydrogen (secondary N) is 2. The molecular formula is C24H23F2N7. The number of pyridine rings is 1. The minimum atomic E-state index is -0.454. The van der Waals surface area contributed by atoms with Crippen LogP contribution in [0.15, 0.2) is 43.0 Å². The van der Waals surface area contributed by atoms with Crippen LogP contribution < -0.4 is 5.32 Å². The summed E-state index contributed by atoms with van der Waals surface area (Å²) in [5.41, 5.74) is 4.74. The summed E-state index contributed by atoms with van der Waals surface area (Å²) in [5.74, 6) is 0.206. The molecule has 0 aliphatic heterocycles. The molecule has 0 aliphatic rings. The van der Waals surface area contributed by atoms with Crippen LogP contribution in [0.25, 0.3) is 33.5 Å². The van der Waals surface area contributed by atoms with Crippen molar-refractivity contribution in [2.75, 3.05) is 11.9 Å². The van der Waals surface area contributed by atoms with E-state index in [1.54, 1.807) is 18.5 Å². The monoisotopic (exact) mass is 447 g/mol. The van der Waals surface area contributed by atoms with E-state index in [1.807, 2.05) is 25.3 Å². The van der Waals surface area contributed by atoms with Gasteiger partial charge in [0.05, 0.1) is 12.5 Å². The number of aromatic amines is 1. The Morgan fingerprint density at radius 1 is 1.09 bits per heavy atom. The Kier molecular flexibility index (Phi) is 5.24. The van der Waals surface area contributed by atoms with Crippen molar-refractivity contribution in [2.45, 2.75) is 33.2 Å². The molecule has 0 aliphatic carbocycles. The smallest absolute Gasteiger partial charge is 0.166 e. The average molecular weight is 447 g/mol. The summed E-state index contributed by atoms with van der Waals surface area (Å²) < 4.78 is 29.5. The third kappa shape index (κ3) is 3.90. The first-order valence-electron chi connectivity index (χ1n) is 10.8. The molecule has 9 heteroatoms. The van der Waals surface area contributed by atoms with E-state index in [-0.39, 0.29) is 11.9 Å². The highest BCUT2D eigenvalue weighted by atomic mass is 19.1. The lowest BCUT2D eigenvalue weighted by molar-refractivity contribution is 0.612. The van der Waals surface area contributed by atoms with Crippen molar-refractivity contribution in [2.24, 2.45) is 0 Å². The number of imidazole rings is 1. The minimum Gasteiger partial charge on any atom is -0.368 e. The maximum absolute atomic E-state index is 13.8. The SMILES string of the molecule is Cc1[nH]c2ccc(F)cc2c1CCNc1nc(-c2cncc(F)c2)nc2c1ncn2C(C)C. The first-order chi connectivity index (χ1) is 15.9. The quantitative estimate of drug-likeness (QED) is 0.374. The fourth-order valence-electron chi connectivity index (χ4n) is 4.06. The van der Waals surface area contributed by atoms with Gasteiger partial charge in [-0.2, -0.15) is 0 Å².